The number of hydrogen-bond donors (Lipinski definition) is 1. The lowest BCUT2D eigenvalue weighted by Gasteiger charge is -2.25. The van der Waals surface area contributed by atoms with Gasteiger partial charge in [0.05, 0.1) is 22.4 Å². The molecule has 190 valence electrons. The number of carbonyl (C=O) groups is 2. The summed E-state index contributed by atoms with van der Waals surface area (Å²) in [6.45, 7) is 10.8. The van der Waals surface area contributed by atoms with E-state index >= 15 is 0 Å². The molecule has 36 heavy (non-hydrogen) atoms. The van der Waals surface area contributed by atoms with Crippen molar-refractivity contribution in [1.82, 2.24) is 15.1 Å². The lowest BCUT2D eigenvalue weighted by Crippen LogP contribution is -2.42. The van der Waals surface area contributed by atoms with E-state index in [0.717, 1.165) is 28.8 Å². The van der Waals surface area contributed by atoms with Gasteiger partial charge in [-0.05, 0) is 48.7 Å². The summed E-state index contributed by atoms with van der Waals surface area (Å²) in [5.41, 5.74) is 4.28. The van der Waals surface area contributed by atoms with Gasteiger partial charge in [0, 0.05) is 17.5 Å². The van der Waals surface area contributed by atoms with Crippen LogP contribution in [0.1, 0.15) is 61.7 Å². The molecule has 2 heterocycles. The highest BCUT2D eigenvalue weighted by Crippen LogP contribution is 2.49. The Kier molecular flexibility index (Phi) is 7.54. The van der Waals surface area contributed by atoms with Crippen LogP contribution < -0.4 is 10.2 Å². The normalized spacial score (nSPS) is 16.0. The number of fused-ring (bicyclic) bond motifs is 1. The first-order valence-electron chi connectivity index (χ1n) is 12.2. The van der Waals surface area contributed by atoms with Gasteiger partial charge in [0.25, 0.3) is 0 Å². The van der Waals surface area contributed by atoms with Crippen molar-refractivity contribution >= 4 is 29.4 Å². The van der Waals surface area contributed by atoms with Crippen molar-refractivity contribution < 1.29 is 14.0 Å². The highest BCUT2D eigenvalue weighted by atomic mass is 32.2. The third-order valence-electron chi connectivity index (χ3n) is 6.22. The predicted octanol–water partition coefficient (Wildman–Crippen LogP) is 5.31. The maximum absolute atomic E-state index is 13.8. The van der Waals surface area contributed by atoms with E-state index in [4.69, 9.17) is 5.10 Å². The number of thioether (sulfide) groups is 1. The van der Waals surface area contributed by atoms with Crippen LogP contribution in [-0.2, 0) is 15.0 Å². The molecule has 2 amide bonds. The van der Waals surface area contributed by atoms with Crippen LogP contribution >= 0.6 is 11.8 Å². The SMILES string of the molecule is CCCNC(=O)CN1C(=O)CS[C@@H](c2ccccc2C)c2c(C(C)(C)C)nn(-c3ccc(F)cc3)c21. The molecule has 1 aromatic heterocycles. The number of halogens is 1. The summed E-state index contributed by atoms with van der Waals surface area (Å²) in [6, 6.07) is 14.2. The summed E-state index contributed by atoms with van der Waals surface area (Å²) in [6.07, 6.45) is 0.803. The number of amides is 2. The second kappa shape index (κ2) is 10.5. The molecule has 8 heteroatoms. The number of aryl methyl sites for hydroxylation is 1. The zero-order valence-electron chi connectivity index (χ0n) is 21.5. The molecule has 0 bridgehead atoms. The molecule has 0 unspecified atom stereocenters. The number of rotatable bonds is 6. The number of hydrogen-bond acceptors (Lipinski definition) is 4. The van der Waals surface area contributed by atoms with Gasteiger partial charge in [0.15, 0.2) is 0 Å². The first-order chi connectivity index (χ1) is 17.1. The predicted molar refractivity (Wildman–Crippen MR) is 143 cm³/mol. The molecule has 1 aliphatic rings. The van der Waals surface area contributed by atoms with E-state index in [9.17, 15) is 14.0 Å². The Morgan fingerprint density at radius 3 is 2.50 bits per heavy atom. The number of nitrogens with zero attached hydrogens (tertiary/aromatic N) is 3. The Morgan fingerprint density at radius 2 is 1.86 bits per heavy atom. The maximum atomic E-state index is 13.8. The monoisotopic (exact) mass is 508 g/mol. The molecule has 4 rings (SSSR count). The van der Waals surface area contributed by atoms with Crippen molar-refractivity contribution in [3.05, 3.63) is 76.7 Å². The number of benzene rings is 2. The molecule has 0 spiro atoms. The van der Waals surface area contributed by atoms with Crippen molar-refractivity contribution in [3.8, 4) is 5.69 Å². The van der Waals surface area contributed by atoms with Gasteiger partial charge in [-0.2, -0.15) is 5.10 Å². The molecule has 2 aromatic carbocycles. The average Bonchev–Trinajstić information content (AvgIpc) is 3.17. The average molecular weight is 509 g/mol. The Balaban J connectivity index is 2.00. The summed E-state index contributed by atoms with van der Waals surface area (Å²) < 4.78 is 15.5. The molecule has 3 aromatic rings. The van der Waals surface area contributed by atoms with Gasteiger partial charge in [0.2, 0.25) is 11.8 Å². The van der Waals surface area contributed by atoms with Crippen LogP contribution in [-0.4, -0.2) is 40.4 Å². The van der Waals surface area contributed by atoms with Gasteiger partial charge in [-0.25, -0.2) is 9.07 Å². The fourth-order valence-corrected chi connectivity index (χ4v) is 5.72. The van der Waals surface area contributed by atoms with E-state index in [1.54, 1.807) is 33.5 Å². The first-order valence-corrected chi connectivity index (χ1v) is 13.3. The van der Waals surface area contributed by atoms with Crippen molar-refractivity contribution in [3.63, 3.8) is 0 Å². The van der Waals surface area contributed by atoms with E-state index in [0.29, 0.717) is 18.1 Å². The second-order valence-electron chi connectivity index (χ2n) is 10.1. The van der Waals surface area contributed by atoms with Gasteiger partial charge in [0.1, 0.15) is 18.2 Å². The van der Waals surface area contributed by atoms with Crippen molar-refractivity contribution in [2.75, 3.05) is 23.7 Å². The van der Waals surface area contributed by atoms with E-state index in [1.807, 2.05) is 19.1 Å². The van der Waals surface area contributed by atoms with E-state index in [-0.39, 0.29) is 40.6 Å². The zero-order valence-corrected chi connectivity index (χ0v) is 22.3. The number of carbonyl (C=O) groups excluding carboxylic acids is 2. The molecule has 0 fully saturated rings. The molecule has 1 atom stereocenters. The summed E-state index contributed by atoms with van der Waals surface area (Å²) >= 11 is 1.56. The van der Waals surface area contributed by atoms with Gasteiger partial charge in [-0.15, -0.1) is 11.8 Å². The first kappa shape index (κ1) is 25.9. The minimum atomic E-state index is -0.353. The molecule has 0 radical (unpaired) electrons. The third-order valence-corrected chi connectivity index (χ3v) is 7.45. The van der Waals surface area contributed by atoms with Crippen LogP contribution in [0.15, 0.2) is 48.5 Å². The minimum Gasteiger partial charge on any atom is -0.355 e. The standard InChI is InChI=1S/C28H33FN4O2S/c1-6-15-30-22(34)16-32-23(35)17-36-25(21-10-8-7-9-18(21)2)24-26(28(3,4)5)31-33(27(24)32)20-13-11-19(29)12-14-20/h7-14,25H,6,15-17H2,1-5H3,(H,30,34)/t25-/m0/s1. The Labute approximate surface area is 216 Å². The van der Waals surface area contributed by atoms with Gasteiger partial charge in [-0.3, -0.25) is 14.5 Å². The van der Waals surface area contributed by atoms with E-state index < -0.39 is 0 Å². The van der Waals surface area contributed by atoms with Crippen LogP contribution in [0.5, 0.6) is 0 Å². The Bertz CT molecular complexity index is 1260. The highest BCUT2D eigenvalue weighted by Gasteiger charge is 2.40. The van der Waals surface area contributed by atoms with E-state index in [1.165, 1.54) is 12.1 Å². The Hall–Kier alpha value is -3.13. The summed E-state index contributed by atoms with van der Waals surface area (Å²) in [7, 11) is 0. The van der Waals surface area contributed by atoms with Crippen LogP contribution in [0.4, 0.5) is 10.2 Å². The van der Waals surface area contributed by atoms with Crippen molar-refractivity contribution in [1.29, 1.82) is 0 Å². The highest BCUT2D eigenvalue weighted by molar-refractivity contribution is 8.00. The molecular formula is C28H33FN4O2S. The fourth-order valence-electron chi connectivity index (χ4n) is 4.43. The molecule has 1 N–H and O–H groups in total. The van der Waals surface area contributed by atoms with E-state index in [2.05, 4.69) is 45.1 Å². The van der Waals surface area contributed by atoms with Gasteiger partial charge >= 0.3 is 0 Å². The molecule has 6 nitrogen and oxygen atoms in total. The van der Waals surface area contributed by atoms with Crippen molar-refractivity contribution in [2.24, 2.45) is 0 Å². The van der Waals surface area contributed by atoms with Crippen LogP contribution in [0, 0.1) is 12.7 Å². The number of aromatic nitrogens is 2. The smallest absolute Gasteiger partial charge is 0.240 e. The lowest BCUT2D eigenvalue weighted by atomic mass is 9.86. The number of nitrogens with one attached hydrogen (secondary N) is 1. The second-order valence-corrected chi connectivity index (χ2v) is 11.2. The van der Waals surface area contributed by atoms with Crippen LogP contribution in [0.3, 0.4) is 0 Å². The molecule has 0 saturated carbocycles. The summed E-state index contributed by atoms with van der Waals surface area (Å²) in [5, 5.41) is 7.75. The quantitative estimate of drug-likeness (QED) is 0.490. The molecule has 1 aliphatic heterocycles. The minimum absolute atomic E-state index is 0.108. The summed E-state index contributed by atoms with van der Waals surface area (Å²) in [4.78, 5) is 28.0. The summed E-state index contributed by atoms with van der Waals surface area (Å²) in [5.74, 6) is 0.0592. The molecular weight excluding hydrogens is 475 g/mol. The van der Waals surface area contributed by atoms with Gasteiger partial charge < -0.3 is 5.32 Å². The zero-order chi connectivity index (χ0) is 26.0. The van der Waals surface area contributed by atoms with Crippen LogP contribution in [0.25, 0.3) is 5.69 Å². The topological polar surface area (TPSA) is 67.2 Å². The van der Waals surface area contributed by atoms with Crippen LogP contribution in [0.2, 0.25) is 0 Å². The lowest BCUT2D eigenvalue weighted by molar-refractivity contribution is -0.122. The van der Waals surface area contributed by atoms with Crippen molar-refractivity contribution in [2.45, 2.75) is 51.7 Å². The largest absolute Gasteiger partial charge is 0.355 e. The molecule has 0 aliphatic carbocycles. The molecule has 0 saturated heterocycles. The van der Waals surface area contributed by atoms with Gasteiger partial charge in [-0.1, -0.05) is 52.0 Å². The Morgan fingerprint density at radius 1 is 1.17 bits per heavy atom. The third kappa shape index (κ3) is 5.19. The maximum Gasteiger partial charge on any atom is 0.240 e. The fraction of sp³-hybridized carbons (Fsp3) is 0.393. The number of anilines is 1.